The van der Waals surface area contributed by atoms with Gasteiger partial charge in [0.25, 0.3) is 0 Å². The number of halogens is 3. The molecule has 0 saturated carbocycles. The Kier molecular flexibility index (Phi) is 8.51. The lowest BCUT2D eigenvalue weighted by molar-refractivity contribution is 0.269. The van der Waals surface area contributed by atoms with Crippen LogP contribution in [0.25, 0.3) is 6.08 Å². The van der Waals surface area contributed by atoms with Crippen molar-refractivity contribution in [2.75, 3.05) is 6.61 Å². The lowest BCUT2D eigenvalue weighted by atomic mass is 10.2. The number of nitrogens with zero attached hydrogens (tertiary/aromatic N) is 1. The van der Waals surface area contributed by atoms with Crippen molar-refractivity contribution in [3.63, 3.8) is 0 Å². The lowest BCUT2D eigenvalue weighted by Gasteiger charge is -2.14. The number of aryl methyl sites for hydroxylation is 1. The maximum atomic E-state index is 12.9. The Balaban J connectivity index is 1.93. The number of allylic oxidation sites excluding steroid dienone is 1. The first-order valence-corrected chi connectivity index (χ1v) is 12.7. The highest BCUT2D eigenvalue weighted by Crippen LogP contribution is 2.35. The zero-order valence-electron chi connectivity index (χ0n) is 18.3. The van der Waals surface area contributed by atoms with Gasteiger partial charge in [-0.15, -0.1) is 0 Å². The fourth-order valence-corrected chi connectivity index (χ4v) is 4.84. The number of nitriles is 1. The standard InChI is InChI=1S/C25H20Cl3NO4S/c1-3-32-24-13-17(12-19(14-29)34(30,31)18-7-4-16(2)5-8-18)6-11-23(24)33-15-20-21(26)9-10-22(27)25(20)28/h4-13H,3,15H2,1-2H3. The summed E-state index contributed by atoms with van der Waals surface area (Å²) >= 11 is 18.5. The van der Waals surface area contributed by atoms with Gasteiger partial charge in [-0.3, -0.25) is 0 Å². The molecule has 0 saturated heterocycles. The molecule has 34 heavy (non-hydrogen) atoms. The number of hydrogen-bond donors (Lipinski definition) is 0. The highest BCUT2D eigenvalue weighted by atomic mass is 35.5. The maximum absolute atomic E-state index is 12.9. The molecule has 0 fully saturated rings. The molecule has 0 unspecified atom stereocenters. The van der Waals surface area contributed by atoms with Crippen molar-refractivity contribution < 1.29 is 17.9 Å². The van der Waals surface area contributed by atoms with Crippen LogP contribution in [0.3, 0.4) is 0 Å². The largest absolute Gasteiger partial charge is 0.490 e. The Morgan fingerprint density at radius 2 is 1.65 bits per heavy atom. The van der Waals surface area contributed by atoms with Gasteiger partial charge >= 0.3 is 0 Å². The second-order valence-corrected chi connectivity index (χ2v) is 10.3. The van der Waals surface area contributed by atoms with Gasteiger partial charge in [-0.25, -0.2) is 8.42 Å². The summed E-state index contributed by atoms with van der Waals surface area (Å²) in [5.74, 6) is 0.765. The molecular formula is C25H20Cl3NO4S. The normalized spacial score (nSPS) is 11.7. The van der Waals surface area contributed by atoms with Crippen LogP contribution in [0.5, 0.6) is 11.5 Å². The third kappa shape index (κ3) is 5.86. The summed E-state index contributed by atoms with van der Waals surface area (Å²) in [5.41, 5.74) is 1.90. The topological polar surface area (TPSA) is 76.4 Å². The van der Waals surface area contributed by atoms with E-state index in [-0.39, 0.29) is 16.4 Å². The third-order valence-electron chi connectivity index (χ3n) is 4.81. The van der Waals surface area contributed by atoms with Crippen molar-refractivity contribution in [3.05, 3.63) is 91.3 Å². The minimum Gasteiger partial charge on any atom is -0.490 e. The van der Waals surface area contributed by atoms with Crippen molar-refractivity contribution in [2.45, 2.75) is 25.3 Å². The molecule has 3 aromatic carbocycles. The van der Waals surface area contributed by atoms with Crippen LogP contribution in [0.2, 0.25) is 15.1 Å². The van der Waals surface area contributed by atoms with E-state index in [1.54, 1.807) is 55.5 Å². The Hall–Kier alpha value is -2.69. The van der Waals surface area contributed by atoms with E-state index in [0.29, 0.717) is 44.3 Å². The number of hydrogen-bond acceptors (Lipinski definition) is 5. The van der Waals surface area contributed by atoms with E-state index >= 15 is 0 Å². The molecule has 0 aliphatic carbocycles. The smallest absolute Gasteiger partial charge is 0.216 e. The Bertz CT molecular complexity index is 1380. The Morgan fingerprint density at radius 1 is 0.971 bits per heavy atom. The number of sulfone groups is 1. The molecule has 0 aliphatic heterocycles. The molecule has 0 atom stereocenters. The summed E-state index contributed by atoms with van der Waals surface area (Å²) in [6.07, 6.45) is 1.30. The second kappa shape index (κ2) is 11.2. The van der Waals surface area contributed by atoms with Gasteiger partial charge in [0.05, 0.1) is 21.5 Å². The summed E-state index contributed by atoms with van der Waals surface area (Å²) in [4.78, 5) is -0.337. The minimum atomic E-state index is -3.98. The minimum absolute atomic E-state index is 0.0404. The van der Waals surface area contributed by atoms with Crippen LogP contribution in [0.4, 0.5) is 0 Å². The fourth-order valence-electron chi connectivity index (χ4n) is 3.02. The van der Waals surface area contributed by atoms with Crippen LogP contribution in [-0.4, -0.2) is 15.0 Å². The van der Waals surface area contributed by atoms with E-state index in [1.807, 2.05) is 6.92 Å². The molecule has 0 radical (unpaired) electrons. The molecule has 5 nitrogen and oxygen atoms in total. The van der Waals surface area contributed by atoms with Crippen LogP contribution in [0.15, 0.2) is 64.4 Å². The SMILES string of the molecule is CCOc1cc(C=C(C#N)S(=O)(=O)c2ccc(C)cc2)ccc1OCc1c(Cl)ccc(Cl)c1Cl. The van der Waals surface area contributed by atoms with Gasteiger partial charge in [-0.2, -0.15) is 5.26 Å². The van der Waals surface area contributed by atoms with Crippen LogP contribution < -0.4 is 9.47 Å². The van der Waals surface area contributed by atoms with Gasteiger partial charge in [-0.1, -0.05) is 58.6 Å². The average Bonchev–Trinajstić information content (AvgIpc) is 2.81. The summed E-state index contributed by atoms with van der Waals surface area (Å²) in [6.45, 7) is 4.04. The van der Waals surface area contributed by atoms with Crippen LogP contribution in [0.1, 0.15) is 23.6 Å². The van der Waals surface area contributed by atoms with Crippen LogP contribution >= 0.6 is 34.8 Å². The molecule has 0 amide bonds. The zero-order chi connectivity index (χ0) is 24.9. The predicted octanol–water partition coefficient (Wildman–Crippen LogP) is 7.27. The quantitative estimate of drug-likeness (QED) is 0.223. The van der Waals surface area contributed by atoms with Crippen molar-refractivity contribution in [3.8, 4) is 17.6 Å². The molecule has 9 heteroatoms. The second-order valence-electron chi connectivity index (χ2n) is 7.19. The summed E-state index contributed by atoms with van der Waals surface area (Å²) in [5, 5.41) is 10.6. The monoisotopic (exact) mass is 535 g/mol. The highest BCUT2D eigenvalue weighted by Gasteiger charge is 2.21. The molecular weight excluding hydrogens is 517 g/mol. The molecule has 0 bridgehead atoms. The maximum Gasteiger partial charge on any atom is 0.216 e. The number of rotatable bonds is 8. The van der Waals surface area contributed by atoms with Crippen molar-refractivity contribution in [2.24, 2.45) is 0 Å². The summed E-state index contributed by atoms with van der Waals surface area (Å²) < 4.78 is 37.4. The van der Waals surface area contributed by atoms with Gasteiger partial charge in [0, 0.05) is 10.6 Å². The van der Waals surface area contributed by atoms with Gasteiger partial charge in [-0.05, 0) is 61.9 Å². The van der Waals surface area contributed by atoms with Crippen molar-refractivity contribution >= 4 is 50.7 Å². The van der Waals surface area contributed by atoms with Gasteiger partial charge in [0.15, 0.2) is 11.5 Å². The van der Waals surface area contributed by atoms with E-state index in [0.717, 1.165) is 5.56 Å². The van der Waals surface area contributed by atoms with Crippen LogP contribution in [0, 0.1) is 18.3 Å². The molecule has 0 aliphatic rings. The van der Waals surface area contributed by atoms with Crippen molar-refractivity contribution in [1.82, 2.24) is 0 Å². The molecule has 0 aromatic heterocycles. The fraction of sp³-hybridized carbons (Fsp3) is 0.160. The first kappa shape index (κ1) is 25.9. The van der Waals surface area contributed by atoms with E-state index in [2.05, 4.69) is 0 Å². The number of ether oxygens (including phenoxy) is 2. The van der Waals surface area contributed by atoms with Gasteiger partial charge in [0.2, 0.25) is 9.84 Å². The molecule has 176 valence electrons. The Labute approximate surface area is 214 Å². The van der Waals surface area contributed by atoms with E-state index in [1.165, 1.54) is 18.2 Å². The number of benzene rings is 3. The van der Waals surface area contributed by atoms with Crippen LogP contribution in [-0.2, 0) is 16.4 Å². The first-order chi connectivity index (χ1) is 16.2. The Morgan fingerprint density at radius 3 is 2.29 bits per heavy atom. The molecule has 0 heterocycles. The third-order valence-corrected chi connectivity index (χ3v) is 7.69. The highest BCUT2D eigenvalue weighted by molar-refractivity contribution is 7.95. The summed E-state index contributed by atoms with van der Waals surface area (Å²) in [6, 6.07) is 16.2. The van der Waals surface area contributed by atoms with E-state index in [4.69, 9.17) is 44.3 Å². The predicted molar refractivity (Wildman–Crippen MR) is 135 cm³/mol. The van der Waals surface area contributed by atoms with Gasteiger partial charge in [0.1, 0.15) is 17.6 Å². The first-order valence-electron chi connectivity index (χ1n) is 10.1. The molecule has 3 rings (SSSR count). The average molecular weight is 537 g/mol. The zero-order valence-corrected chi connectivity index (χ0v) is 21.4. The van der Waals surface area contributed by atoms with Gasteiger partial charge < -0.3 is 9.47 Å². The van der Waals surface area contributed by atoms with Crippen molar-refractivity contribution in [1.29, 1.82) is 5.26 Å². The molecule has 0 spiro atoms. The van der Waals surface area contributed by atoms with E-state index < -0.39 is 9.84 Å². The molecule has 3 aromatic rings. The summed E-state index contributed by atoms with van der Waals surface area (Å²) in [7, 11) is -3.98. The lowest BCUT2D eigenvalue weighted by Crippen LogP contribution is -2.04. The molecule has 0 N–H and O–H groups in total. The van der Waals surface area contributed by atoms with E-state index in [9.17, 15) is 13.7 Å².